The van der Waals surface area contributed by atoms with Crippen molar-refractivity contribution in [1.82, 2.24) is 15.5 Å². The summed E-state index contributed by atoms with van der Waals surface area (Å²) in [5.74, 6) is -1.23. The number of hydrogen-bond acceptors (Lipinski definition) is 2. The van der Waals surface area contributed by atoms with E-state index in [1.807, 2.05) is 6.92 Å². The maximum absolute atomic E-state index is 12.9. The van der Waals surface area contributed by atoms with Gasteiger partial charge in [0.15, 0.2) is 0 Å². The molecule has 0 bridgehead atoms. The minimum absolute atomic E-state index is 0.138. The molecule has 3 unspecified atom stereocenters. The largest absolute Gasteiger partial charge is 0.393 e. The predicted octanol–water partition coefficient (Wildman–Crippen LogP) is 3.18. The van der Waals surface area contributed by atoms with Gasteiger partial charge in [-0.3, -0.25) is 5.10 Å². The van der Waals surface area contributed by atoms with Crippen LogP contribution in [0.15, 0.2) is 12.3 Å². The van der Waals surface area contributed by atoms with Gasteiger partial charge in [0.25, 0.3) is 0 Å². The fraction of sp³-hybridized carbons (Fsp3) is 0.750. The van der Waals surface area contributed by atoms with Gasteiger partial charge in [-0.2, -0.15) is 18.3 Å². The molecule has 0 aromatic carbocycles. The van der Waals surface area contributed by atoms with Crippen LogP contribution in [-0.4, -0.2) is 22.4 Å². The van der Waals surface area contributed by atoms with Gasteiger partial charge in [0.1, 0.15) is 0 Å². The predicted molar refractivity (Wildman–Crippen MR) is 61.9 cm³/mol. The fourth-order valence-corrected chi connectivity index (χ4v) is 2.64. The summed E-state index contributed by atoms with van der Waals surface area (Å²) < 4.78 is 38.8. The summed E-state index contributed by atoms with van der Waals surface area (Å²) in [7, 11) is 0. The maximum Gasteiger partial charge on any atom is 0.393 e. The van der Waals surface area contributed by atoms with Crippen molar-refractivity contribution in [2.45, 2.75) is 50.9 Å². The van der Waals surface area contributed by atoms with Gasteiger partial charge in [0.05, 0.1) is 11.6 Å². The molecule has 0 amide bonds. The molecule has 1 aliphatic rings. The highest BCUT2D eigenvalue weighted by Gasteiger charge is 2.45. The number of H-pyrrole nitrogens is 1. The smallest absolute Gasteiger partial charge is 0.305 e. The average Bonchev–Trinajstić information content (AvgIpc) is 2.81. The first kappa shape index (κ1) is 13.4. The normalized spacial score (nSPS) is 27.1. The van der Waals surface area contributed by atoms with Gasteiger partial charge in [0, 0.05) is 18.3 Å². The SMILES string of the molecule is CC(NC1CCCCC1C(F)(F)F)c1ccn[nH]1. The lowest BCUT2D eigenvalue weighted by molar-refractivity contribution is -0.189. The number of aromatic nitrogens is 2. The summed E-state index contributed by atoms with van der Waals surface area (Å²) in [4.78, 5) is 0. The summed E-state index contributed by atoms with van der Waals surface area (Å²) in [5.41, 5.74) is 0.821. The van der Waals surface area contributed by atoms with Gasteiger partial charge >= 0.3 is 6.18 Å². The minimum Gasteiger partial charge on any atom is -0.305 e. The molecule has 1 heterocycles. The zero-order valence-corrected chi connectivity index (χ0v) is 10.3. The van der Waals surface area contributed by atoms with Crippen molar-refractivity contribution in [2.75, 3.05) is 0 Å². The summed E-state index contributed by atoms with van der Waals surface area (Å²) in [6.07, 6.45) is -0.151. The minimum atomic E-state index is -4.11. The van der Waals surface area contributed by atoms with E-state index in [-0.39, 0.29) is 12.5 Å². The maximum atomic E-state index is 12.9. The van der Waals surface area contributed by atoms with Gasteiger partial charge in [-0.1, -0.05) is 12.8 Å². The molecule has 1 saturated carbocycles. The topological polar surface area (TPSA) is 40.7 Å². The van der Waals surface area contributed by atoms with Gasteiger partial charge < -0.3 is 5.32 Å². The second-order valence-electron chi connectivity index (χ2n) is 4.94. The molecule has 0 saturated heterocycles. The Balaban J connectivity index is 2.01. The van der Waals surface area contributed by atoms with Crippen molar-refractivity contribution < 1.29 is 13.2 Å². The Hall–Kier alpha value is -1.04. The Kier molecular flexibility index (Phi) is 3.94. The Morgan fingerprint density at radius 1 is 1.39 bits per heavy atom. The molecule has 0 aliphatic heterocycles. The molecule has 6 heteroatoms. The molecule has 0 radical (unpaired) electrons. The van der Waals surface area contributed by atoms with Gasteiger partial charge in [0.2, 0.25) is 0 Å². The van der Waals surface area contributed by atoms with Crippen molar-refractivity contribution in [3.63, 3.8) is 0 Å². The van der Waals surface area contributed by atoms with Crippen molar-refractivity contribution in [1.29, 1.82) is 0 Å². The zero-order chi connectivity index (χ0) is 13.2. The Morgan fingerprint density at radius 2 is 2.11 bits per heavy atom. The lowest BCUT2D eigenvalue weighted by Crippen LogP contribution is -2.46. The molecule has 2 N–H and O–H groups in total. The molecule has 1 fully saturated rings. The van der Waals surface area contributed by atoms with Crippen LogP contribution in [0.4, 0.5) is 13.2 Å². The number of nitrogens with one attached hydrogen (secondary N) is 2. The lowest BCUT2D eigenvalue weighted by atomic mass is 9.83. The molecule has 3 nitrogen and oxygen atoms in total. The van der Waals surface area contributed by atoms with E-state index in [0.717, 1.165) is 12.1 Å². The van der Waals surface area contributed by atoms with E-state index >= 15 is 0 Å². The number of rotatable bonds is 3. The van der Waals surface area contributed by atoms with Gasteiger partial charge in [-0.05, 0) is 25.8 Å². The molecule has 0 spiro atoms. The monoisotopic (exact) mass is 261 g/mol. The van der Waals surface area contributed by atoms with Crippen LogP contribution in [0, 0.1) is 5.92 Å². The van der Waals surface area contributed by atoms with Crippen LogP contribution < -0.4 is 5.32 Å². The third kappa shape index (κ3) is 3.04. The number of halogens is 3. The van der Waals surface area contributed by atoms with Gasteiger partial charge in [-0.15, -0.1) is 0 Å². The summed E-state index contributed by atoms with van der Waals surface area (Å²) in [6, 6.07) is 1.15. The molecule has 18 heavy (non-hydrogen) atoms. The van der Waals surface area contributed by atoms with E-state index in [4.69, 9.17) is 0 Å². The molecule has 1 aromatic heterocycles. The van der Waals surface area contributed by atoms with Crippen LogP contribution >= 0.6 is 0 Å². The number of nitrogens with zero attached hydrogens (tertiary/aromatic N) is 1. The van der Waals surface area contributed by atoms with Crippen molar-refractivity contribution >= 4 is 0 Å². The van der Waals surface area contributed by atoms with E-state index < -0.39 is 18.1 Å². The van der Waals surface area contributed by atoms with Crippen LogP contribution in [0.25, 0.3) is 0 Å². The third-order valence-corrected chi connectivity index (χ3v) is 3.64. The van der Waals surface area contributed by atoms with Crippen molar-refractivity contribution in [3.8, 4) is 0 Å². The Labute approximate surface area is 104 Å². The third-order valence-electron chi connectivity index (χ3n) is 3.64. The fourth-order valence-electron chi connectivity index (χ4n) is 2.64. The van der Waals surface area contributed by atoms with E-state index in [0.29, 0.717) is 12.8 Å². The molecule has 102 valence electrons. The number of hydrogen-bond donors (Lipinski definition) is 2. The standard InChI is InChI=1S/C12H18F3N3/c1-8(10-6-7-16-18-10)17-11-5-3-2-4-9(11)12(13,14)15/h6-9,11,17H,2-5H2,1H3,(H,16,18). The van der Waals surface area contributed by atoms with Crippen molar-refractivity contribution in [2.24, 2.45) is 5.92 Å². The number of alkyl halides is 3. The number of aromatic amines is 1. The molecule has 2 rings (SSSR count). The Bertz CT molecular complexity index is 361. The first-order chi connectivity index (χ1) is 8.48. The van der Waals surface area contributed by atoms with E-state index in [1.165, 1.54) is 0 Å². The van der Waals surface area contributed by atoms with E-state index in [9.17, 15) is 13.2 Å². The first-order valence-electron chi connectivity index (χ1n) is 6.30. The average molecular weight is 261 g/mol. The highest BCUT2D eigenvalue weighted by atomic mass is 19.4. The summed E-state index contributed by atoms with van der Waals surface area (Å²) in [5, 5.41) is 9.69. The lowest BCUT2D eigenvalue weighted by Gasteiger charge is -2.35. The van der Waals surface area contributed by atoms with Gasteiger partial charge in [-0.25, -0.2) is 0 Å². The molecular weight excluding hydrogens is 243 g/mol. The van der Waals surface area contributed by atoms with Crippen LogP contribution in [0.2, 0.25) is 0 Å². The Morgan fingerprint density at radius 3 is 2.72 bits per heavy atom. The summed E-state index contributed by atoms with van der Waals surface area (Å²) >= 11 is 0. The van der Waals surface area contributed by atoms with E-state index in [1.54, 1.807) is 12.3 Å². The van der Waals surface area contributed by atoms with Crippen LogP contribution in [0.1, 0.15) is 44.3 Å². The molecule has 1 aromatic rings. The van der Waals surface area contributed by atoms with Crippen LogP contribution in [0.5, 0.6) is 0 Å². The molecule has 1 aliphatic carbocycles. The second-order valence-corrected chi connectivity index (χ2v) is 4.94. The zero-order valence-electron chi connectivity index (χ0n) is 10.3. The molecular formula is C12H18F3N3. The van der Waals surface area contributed by atoms with Crippen LogP contribution in [-0.2, 0) is 0 Å². The van der Waals surface area contributed by atoms with Crippen molar-refractivity contribution in [3.05, 3.63) is 18.0 Å². The van der Waals surface area contributed by atoms with E-state index in [2.05, 4.69) is 15.5 Å². The first-order valence-corrected chi connectivity index (χ1v) is 6.30. The quantitative estimate of drug-likeness (QED) is 0.877. The highest BCUT2D eigenvalue weighted by molar-refractivity contribution is 5.04. The summed E-state index contributed by atoms with van der Waals surface area (Å²) in [6.45, 7) is 1.86. The second kappa shape index (κ2) is 5.30. The van der Waals surface area contributed by atoms with Crippen LogP contribution in [0.3, 0.4) is 0 Å². The highest BCUT2D eigenvalue weighted by Crippen LogP contribution is 2.38. The molecule has 3 atom stereocenters.